The Morgan fingerprint density at radius 1 is 0.970 bits per heavy atom. The summed E-state index contributed by atoms with van der Waals surface area (Å²) in [5.74, 6) is -1.37. The number of allylic oxidation sites excluding steroid dienone is 1. The molecular formula is C24H14ClNO7. The molecule has 164 valence electrons. The summed E-state index contributed by atoms with van der Waals surface area (Å²) in [6.07, 6.45) is 1.45. The number of rotatable bonds is 5. The maximum absolute atomic E-state index is 12.6. The van der Waals surface area contributed by atoms with Crippen LogP contribution in [0.4, 0.5) is 5.69 Å². The summed E-state index contributed by atoms with van der Waals surface area (Å²) < 4.78 is 10.6. The van der Waals surface area contributed by atoms with Crippen molar-refractivity contribution in [2.45, 2.75) is 0 Å². The minimum atomic E-state index is -0.851. The molecule has 0 aromatic heterocycles. The summed E-state index contributed by atoms with van der Waals surface area (Å²) in [5.41, 5.74) is 0.715. The number of Topliss-reactive ketones (excluding diaryl/α,β-unsaturated/α-hetero) is 2. The van der Waals surface area contributed by atoms with Gasteiger partial charge >= 0.3 is 5.97 Å². The Morgan fingerprint density at radius 2 is 1.64 bits per heavy atom. The first-order valence-electron chi connectivity index (χ1n) is 9.54. The molecule has 8 nitrogen and oxygen atoms in total. The van der Waals surface area contributed by atoms with Crippen LogP contribution in [0.1, 0.15) is 36.6 Å². The fourth-order valence-corrected chi connectivity index (χ4v) is 3.55. The normalized spacial score (nSPS) is 12.4. The van der Waals surface area contributed by atoms with Gasteiger partial charge in [0.1, 0.15) is 5.02 Å². The van der Waals surface area contributed by atoms with Gasteiger partial charge in [-0.3, -0.25) is 19.7 Å². The third-order valence-corrected chi connectivity index (χ3v) is 5.31. The Labute approximate surface area is 192 Å². The van der Waals surface area contributed by atoms with Crippen molar-refractivity contribution in [3.63, 3.8) is 0 Å². The van der Waals surface area contributed by atoms with E-state index in [1.165, 1.54) is 37.5 Å². The number of carbonyl (C=O) groups is 3. The van der Waals surface area contributed by atoms with Gasteiger partial charge in [0.15, 0.2) is 23.1 Å². The maximum Gasteiger partial charge on any atom is 0.343 e. The number of carbonyl (C=O) groups excluding carboxylic acids is 3. The molecule has 0 amide bonds. The first-order valence-corrected chi connectivity index (χ1v) is 9.92. The smallest absolute Gasteiger partial charge is 0.343 e. The van der Waals surface area contributed by atoms with Gasteiger partial charge in [0.25, 0.3) is 5.69 Å². The fourth-order valence-electron chi connectivity index (χ4n) is 3.37. The average Bonchev–Trinajstić information content (AvgIpc) is 3.05. The van der Waals surface area contributed by atoms with E-state index in [4.69, 9.17) is 21.1 Å². The molecule has 1 aliphatic carbocycles. The summed E-state index contributed by atoms with van der Waals surface area (Å²) in [4.78, 5) is 48.0. The Balaban J connectivity index is 1.61. The number of nitro benzene ring substituents is 1. The maximum atomic E-state index is 12.6. The number of nitro groups is 1. The lowest BCUT2D eigenvalue weighted by molar-refractivity contribution is -0.384. The zero-order valence-electron chi connectivity index (χ0n) is 17.0. The van der Waals surface area contributed by atoms with Crippen molar-refractivity contribution < 1.29 is 28.8 Å². The predicted octanol–water partition coefficient (Wildman–Crippen LogP) is 4.94. The van der Waals surface area contributed by atoms with E-state index in [-0.39, 0.29) is 39.2 Å². The van der Waals surface area contributed by atoms with Crippen LogP contribution in [0.25, 0.3) is 6.08 Å². The largest absolute Gasteiger partial charge is 0.493 e. The van der Waals surface area contributed by atoms with Crippen LogP contribution in [-0.4, -0.2) is 29.6 Å². The molecule has 0 radical (unpaired) electrons. The lowest BCUT2D eigenvalue weighted by atomic mass is 10.1. The van der Waals surface area contributed by atoms with Gasteiger partial charge in [-0.05, 0) is 35.9 Å². The number of nitrogens with zero attached hydrogens (tertiary/aromatic N) is 1. The summed E-state index contributed by atoms with van der Waals surface area (Å²) >= 11 is 5.77. The molecular weight excluding hydrogens is 450 g/mol. The molecule has 0 spiro atoms. The molecule has 0 bridgehead atoms. The van der Waals surface area contributed by atoms with Crippen molar-refractivity contribution in [2.75, 3.05) is 7.11 Å². The van der Waals surface area contributed by atoms with Crippen LogP contribution in [0.3, 0.4) is 0 Å². The topological polar surface area (TPSA) is 113 Å². The van der Waals surface area contributed by atoms with Crippen molar-refractivity contribution in [1.82, 2.24) is 0 Å². The lowest BCUT2D eigenvalue weighted by Gasteiger charge is -2.10. The molecule has 1 aliphatic rings. The summed E-state index contributed by atoms with van der Waals surface area (Å²) in [6.45, 7) is 0. The number of benzene rings is 3. The molecule has 0 aliphatic heterocycles. The van der Waals surface area contributed by atoms with Crippen molar-refractivity contribution in [3.8, 4) is 11.5 Å². The van der Waals surface area contributed by atoms with E-state index in [0.29, 0.717) is 16.7 Å². The molecule has 0 unspecified atom stereocenters. The molecule has 0 saturated carbocycles. The number of ether oxygens (including phenoxy) is 2. The number of ketones is 2. The highest BCUT2D eigenvalue weighted by Gasteiger charge is 2.32. The third kappa shape index (κ3) is 4.11. The minimum Gasteiger partial charge on any atom is -0.493 e. The van der Waals surface area contributed by atoms with Crippen molar-refractivity contribution >= 4 is 40.9 Å². The summed E-state index contributed by atoms with van der Waals surface area (Å²) in [7, 11) is 1.36. The lowest BCUT2D eigenvalue weighted by Crippen LogP contribution is -2.10. The minimum absolute atomic E-state index is 0.0245. The number of methoxy groups -OCH3 is 1. The molecule has 0 fully saturated rings. The van der Waals surface area contributed by atoms with E-state index < -0.39 is 16.6 Å². The summed E-state index contributed by atoms with van der Waals surface area (Å²) in [6, 6.07) is 14.6. The molecule has 33 heavy (non-hydrogen) atoms. The number of fused-ring (bicyclic) bond motifs is 1. The predicted molar refractivity (Wildman–Crippen MR) is 119 cm³/mol. The Bertz CT molecular complexity index is 1340. The van der Waals surface area contributed by atoms with Gasteiger partial charge in [0, 0.05) is 17.2 Å². The third-order valence-electron chi connectivity index (χ3n) is 4.99. The van der Waals surface area contributed by atoms with E-state index in [1.54, 1.807) is 30.3 Å². The molecule has 4 rings (SSSR count). The van der Waals surface area contributed by atoms with Crippen LogP contribution in [0.2, 0.25) is 5.02 Å². The van der Waals surface area contributed by atoms with Crippen molar-refractivity contribution in [1.29, 1.82) is 0 Å². The Morgan fingerprint density at radius 3 is 2.24 bits per heavy atom. The van der Waals surface area contributed by atoms with Gasteiger partial charge in [-0.1, -0.05) is 41.9 Å². The van der Waals surface area contributed by atoms with Crippen LogP contribution in [0.5, 0.6) is 11.5 Å². The SMILES string of the molecule is COc1cc(C=C2C(=O)c3ccccc3C2=O)ccc1OC(=O)c1ccc(Cl)c([N+](=O)[O-])c1. The second kappa shape index (κ2) is 8.68. The molecule has 0 saturated heterocycles. The number of hydrogen-bond donors (Lipinski definition) is 0. The quantitative estimate of drug-likeness (QED) is 0.131. The monoisotopic (exact) mass is 463 g/mol. The van der Waals surface area contributed by atoms with Crippen LogP contribution >= 0.6 is 11.6 Å². The van der Waals surface area contributed by atoms with Gasteiger partial charge in [0.05, 0.1) is 23.2 Å². The molecule has 0 N–H and O–H groups in total. The first-order chi connectivity index (χ1) is 15.8. The van der Waals surface area contributed by atoms with Crippen molar-refractivity contribution in [3.05, 3.63) is 104 Å². The van der Waals surface area contributed by atoms with E-state index in [9.17, 15) is 24.5 Å². The Kier molecular flexibility index (Phi) is 5.76. The average molecular weight is 464 g/mol. The zero-order chi connectivity index (χ0) is 23.7. The zero-order valence-corrected chi connectivity index (χ0v) is 17.8. The highest BCUT2D eigenvalue weighted by atomic mass is 35.5. The van der Waals surface area contributed by atoms with Crippen LogP contribution in [0.15, 0.2) is 66.2 Å². The highest BCUT2D eigenvalue weighted by Crippen LogP contribution is 2.33. The van der Waals surface area contributed by atoms with Crippen molar-refractivity contribution in [2.24, 2.45) is 0 Å². The molecule has 0 atom stereocenters. The summed E-state index contributed by atoms with van der Waals surface area (Å²) in [5, 5.41) is 10.9. The van der Waals surface area contributed by atoms with E-state index >= 15 is 0 Å². The van der Waals surface area contributed by atoms with Gasteiger partial charge in [0.2, 0.25) is 0 Å². The van der Waals surface area contributed by atoms with Crippen LogP contribution in [-0.2, 0) is 0 Å². The highest BCUT2D eigenvalue weighted by molar-refractivity contribution is 6.41. The van der Waals surface area contributed by atoms with Crippen LogP contribution in [0, 0.1) is 10.1 Å². The van der Waals surface area contributed by atoms with E-state index in [0.717, 1.165) is 6.07 Å². The second-order valence-electron chi connectivity index (χ2n) is 6.98. The van der Waals surface area contributed by atoms with Gasteiger partial charge in [-0.25, -0.2) is 4.79 Å². The molecule has 0 heterocycles. The number of hydrogen-bond acceptors (Lipinski definition) is 7. The Hall–Kier alpha value is -4.30. The fraction of sp³-hybridized carbons (Fsp3) is 0.0417. The van der Waals surface area contributed by atoms with Gasteiger partial charge in [-0.15, -0.1) is 0 Å². The molecule has 3 aromatic carbocycles. The standard InChI is InChI=1S/C24H14ClNO7/c1-32-21-11-13(10-17-22(27)15-4-2-3-5-16(15)23(17)28)6-9-20(21)33-24(29)14-7-8-18(25)19(12-14)26(30)31/h2-12H,1H3. The second-order valence-corrected chi connectivity index (χ2v) is 7.39. The van der Waals surface area contributed by atoms with Gasteiger partial charge < -0.3 is 9.47 Å². The van der Waals surface area contributed by atoms with E-state index in [1.807, 2.05) is 0 Å². The molecule has 3 aromatic rings. The first kappa shape index (κ1) is 21.9. The van der Waals surface area contributed by atoms with Gasteiger partial charge in [-0.2, -0.15) is 0 Å². The number of halogens is 1. The molecule has 9 heteroatoms. The van der Waals surface area contributed by atoms with Crippen LogP contribution < -0.4 is 9.47 Å². The van der Waals surface area contributed by atoms with E-state index in [2.05, 4.69) is 0 Å². The number of esters is 1.